The number of hydrogen-bond donors (Lipinski definition) is 1. The van der Waals surface area contributed by atoms with E-state index in [-0.39, 0.29) is 11.9 Å². The van der Waals surface area contributed by atoms with E-state index in [0.29, 0.717) is 39.0 Å². The summed E-state index contributed by atoms with van der Waals surface area (Å²) in [6.07, 6.45) is 1.31. The molecule has 0 aliphatic carbocycles. The van der Waals surface area contributed by atoms with Crippen LogP contribution in [-0.4, -0.2) is 38.7 Å². The van der Waals surface area contributed by atoms with Crippen LogP contribution in [0.4, 0.5) is 0 Å². The van der Waals surface area contributed by atoms with E-state index in [2.05, 4.69) is 5.32 Å². The van der Waals surface area contributed by atoms with Crippen LogP contribution in [0.3, 0.4) is 0 Å². The maximum Gasteiger partial charge on any atom is 0.305 e. The second-order valence-corrected chi connectivity index (χ2v) is 3.00. The van der Waals surface area contributed by atoms with E-state index in [1.54, 1.807) is 14.0 Å². The molecule has 0 unspecified atom stereocenters. The van der Waals surface area contributed by atoms with Crippen LogP contribution in [0.25, 0.3) is 0 Å². The predicted octanol–water partition coefficient (Wildman–Crippen LogP) is 0.482. The number of ether oxygens (including phenoxy) is 2. The maximum absolute atomic E-state index is 11.1. The summed E-state index contributed by atoms with van der Waals surface area (Å²) in [6.45, 7) is 3.09. The van der Waals surface area contributed by atoms with Crippen LogP contribution in [0.2, 0.25) is 0 Å². The fraction of sp³-hybridized carbons (Fsp3) is 0.800. The van der Waals surface area contributed by atoms with Crippen molar-refractivity contribution in [2.75, 3.05) is 26.9 Å². The highest BCUT2D eigenvalue weighted by atomic mass is 16.5. The quantitative estimate of drug-likeness (QED) is 0.474. The first-order chi connectivity index (χ1) is 7.20. The molecule has 0 aromatic rings. The van der Waals surface area contributed by atoms with Crippen molar-refractivity contribution < 1.29 is 19.1 Å². The summed E-state index contributed by atoms with van der Waals surface area (Å²) in [5.41, 5.74) is 0. The van der Waals surface area contributed by atoms with Crippen molar-refractivity contribution >= 4 is 11.9 Å². The highest BCUT2D eigenvalue weighted by Gasteiger charge is 2.02. The molecule has 0 aliphatic heterocycles. The molecule has 1 N–H and O–H groups in total. The van der Waals surface area contributed by atoms with E-state index in [0.717, 1.165) is 0 Å². The monoisotopic (exact) mass is 217 g/mol. The molecular weight excluding hydrogens is 198 g/mol. The average Bonchev–Trinajstić information content (AvgIpc) is 2.22. The van der Waals surface area contributed by atoms with Gasteiger partial charge in [0.25, 0.3) is 0 Å². The molecule has 0 spiro atoms. The van der Waals surface area contributed by atoms with Crippen LogP contribution in [0, 0.1) is 0 Å². The molecule has 0 aromatic heterocycles. The minimum atomic E-state index is -0.219. The standard InChI is InChI=1S/C10H19NO4/c1-3-15-10(13)5-4-7-11-9(12)6-8-14-2/h3-8H2,1-2H3,(H,11,12). The molecule has 5 heteroatoms. The predicted molar refractivity (Wildman–Crippen MR) is 55.4 cm³/mol. The van der Waals surface area contributed by atoms with Crippen molar-refractivity contribution in [3.05, 3.63) is 0 Å². The van der Waals surface area contributed by atoms with Gasteiger partial charge >= 0.3 is 5.97 Å². The molecule has 88 valence electrons. The molecule has 0 rings (SSSR count). The minimum absolute atomic E-state index is 0.0549. The zero-order valence-electron chi connectivity index (χ0n) is 9.38. The van der Waals surface area contributed by atoms with Gasteiger partial charge in [0.2, 0.25) is 5.91 Å². The van der Waals surface area contributed by atoms with Crippen LogP contribution in [0.5, 0.6) is 0 Å². The smallest absolute Gasteiger partial charge is 0.305 e. The number of nitrogens with one attached hydrogen (secondary N) is 1. The first kappa shape index (κ1) is 13.9. The second-order valence-electron chi connectivity index (χ2n) is 3.00. The maximum atomic E-state index is 11.1. The highest BCUT2D eigenvalue weighted by molar-refractivity contribution is 5.76. The summed E-state index contributed by atoms with van der Waals surface area (Å²) >= 11 is 0. The molecule has 1 amide bonds. The summed E-state index contributed by atoms with van der Waals surface area (Å²) in [7, 11) is 1.55. The van der Waals surface area contributed by atoms with Gasteiger partial charge in [0.05, 0.1) is 13.2 Å². The Balaban J connectivity index is 3.30. The lowest BCUT2D eigenvalue weighted by atomic mass is 10.3. The summed E-state index contributed by atoms with van der Waals surface area (Å²) in [6, 6.07) is 0. The van der Waals surface area contributed by atoms with Gasteiger partial charge in [0.1, 0.15) is 0 Å². The van der Waals surface area contributed by atoms with E-state index in [9.17, 15) is 9.59 Å². The number of esters is 1. The Kier molecular flexibility index (Phi) is 8.76. The van der Waals surface area contributed by atoms with Gasteiger partial charge in [-0.3, -0.25) is 9.59 Å². The summed E-state index contributed by atoms with van der Waals surface area (Å²) in [4.78, 5) is 22.0. The zero-order chi connectivity index (χ0) is 11.5. The van der Waals surface area contributed by atoms with Crippen LogP contribution in [0.1, 0.15) is 26.2 Å². The van der Waals surface area contributed by atoms with Crippen molar-refractivity contribution in [2.45, 2.75) is 26.2 Å². The zero-order valence-corrected chi connectivity index (χ0v) is 9.38. The first-order valence-corrected chi connectivity index (χ1v) is 5.12. The van der Waals surface area contributed by atoms with Gasteiger partial charge in [-0.15, -0.1) is 0 Å². The molecule has 0 heterocycles. The molecule has 0 radical (unpaired) electrons. The third-order valence-corrected chi connectivity index (χ3v) is 1.72. The van der Waals surface area contributed by atoms with Crippen molar-refractivity contribution in [2.24, 2.45) is 0 Å². The van der Waals surface area contributed by atoms with Crippen LogP contribution in [0.15, 0.2) is 0 Å². The van der Waals surface area contributed by atoms with Gasteiger partial charge < -0.3 is 14.8 Å². The van der Waals surface area contributed by atoms with Gasteiger partial charge in [0.15, 0.2) is 0 Å². The second kappa shape index (κ2) is 9.45. The molecule has 0 saturated carbocycles. The average molecular weight is 217 g/mol. The van der Waals surface area contributed by atoms with Crippen molar-refractivity contribution in [3.8, 4) is 0 Å². The van der Waals surface area contributed by atoms with Gasteiger partial charge in [0, 0.05) is 26.5 Å². The normalized spacial score (nSPS) is 9.73. The number of carbonyl (C=O) groups excluding carboxylic acids is 2. The largest absolute Gasteiger partial charge is 0.466 e. The van der Waals surface area contributed by atoms with E-state index in [1.165, 1.54) is 0 Å². The molecule has 5 nitrogen and oxygen atoms in total. The van der Waals surface area contributed by atoms with Crippen LogP contribution >= 0.6 is 0 Å². The van der Waals surface area contributed by atoms with Gasteiger partial charge in [-0.2, -0.15) is 0 Å². The van der Waals surface area contributed by atoms with E-state index < -0.39 is 0 Å². The molecular formula is C10H19NO4. The van der Waals surface area contributed by atoms with E-state index in [1.807, 2.05) is 0 Å². The van der Waals surface area contributed by atoms with Gasteiger partial charge in [-0.05, 0) is 13.3 Å². The fourth-order valence-corrected chi connectivity index (χ4v) is 0.977. The Morgan fingerprint density at radius 3 is 2.60 bits per heavy atom. The molecule has 0 atom stereocenters. The van der Waals surface area contributed by atoms with Gasteiger partial charge in [-0.1, -0.05) is 0 Å². The third-order valence-electron chi connectivity index (χ3n) is 1.72. The topological polar surface area (TPSA) is 64.6 Å². The molecule has 0 saturated heterocycles. The minimum Gasteiger partial charge on any atom is -0.466 e. The third kappa shape index (κ3) is 9.21. The number of hydrogen-bond acceptors (Lipinski definition) is 4. The van der Waals surface area contributed by atoms with Crippen LogP contribution < -0.4 is 5.32 Å². The fourth-order valence-electron chi connectivity index (χ4n) is 0.977. The first-order valence-electron chi connectivity index (χ1n) is 5.12. The number of carbonyl (C=O) groups is 2. The lowest BCUT2D eigenvalue weighted by molar-refractivity contribution is -0.143. The molecule has 0 fully saturated rings. The Morgan fingerprint density at radius 1 is 1.27 bits per heavy atom. The van der Waals surface area contributed by atoms with Crippen molar-refractivity contribution in [1.29, 1.82) is 0 Å². The Morgan fingerprint density at radius 2 is 2.00 bits per heavy atom. The Bertz CT molecular complexity index is 194. The Labute approximate surface area is 90.1 Å². The van der Waals surface area contributed by atoms with E-state index >= 15 is 0 Å². The van der Waals surface area contributed by atoms with Gasteiger partial charge in [-0.25, -0.2) is 0 Å². The highest BCUT2D eigenvalue weighted by Crippen LogP contribution is 1.91. The van der Waals surface area contributed by atoms with Crippen molar-refractivity contribution in [1.82, 2.24) is 5.32 Å². The molecule has 0 aromatic carbocycles. The number of methoxy groups -OCH3 is 1. The number of rotatable bonds is 8. The van der Waals surface area contributed by atoms with E-state index in [4.69, 9.17) is 9.47 Å². The molecule has 15 heavy (non-hydrogen) atoms. The Hall–Kier alpha value is -1.10. The van der Waals surface area contributed by atoms with Crippen molar-refractivity contribution in [3.63, 3.8) is 0 Å². The summed E-state index contributed by atoms with van der Waals surface area (Å²) in [5, 5.41) is 2.69. The number of amides is 1. The lowest BCUT2D eigenvalue weighted by Gasteiger charge is -2.04. The molecule has 0 aliphatic rings. The summed E-state index contributed by atoms with van der Waals surface area (Å²) in [5.74, 6) is -0.274. The lowest BCUT2D eigenvalue weighted by Crippen LogP contribution is -2.25. The molecule has 0 bridgehead atoms. The van der Waals surface area contributed by atoms with Crippen LogP contribution in [-0.2, 0) is 19.1 Å². The summed E-state index contributed by atoms with van der Waals surface area (Å²) < 4.78 is 9.50. The SMILES string of the molecule is CCOC(=O)CCCNC(=O)CCOC.